The molecule has 0 radical (unpaired) electrons. The Kier molecular flexibility index (Phi) is 5.00. The maximum absolute atomic E-state index is 11.0. The molecule has 8 heteroatoms. The van der Waals surface area contributed by atoms with E-state index in [1.807, 2.05) is 14.0 Å². The molecule has 0 spiro atoms. The zero-order valence-electron chi connectivity index (χ0n) is 11.5. The molecular weight excluding hydrogens is 406 g/mol. The average Bonchev–Trinajstić information content (AvgIpc) is 2.72. The van der Waals surface area contributed by atoms with E-state index >= 15 is 0 Å². The highest BCUT2D eigenvalue weighted by molar-refractivity contribution is 9.10. The minimum Gasteiger partial charge on any atom is -0.479 e. The van der Waals surface area contributed by atoms with Gasteiger partial charge in [-0.2, -0.15) is 5.10 Å². The lowest BCUT2D eigenvalue weighted by atomic mass is 10.3. The molecule has 2 aromatic rings. The van der Waals surface area contributed by atoms with Crippen molar-refractivity contribution in [2.24, 2.45) is 7.05 Å². The van der Waals surface area contributed by atoms with Crippen LogP contribution in [0.5, 0.6) is 5.75 Å². The van der Waals surface area contributed by atoms with Crippen LogP contribution in [0.2, 0.25) is 0 Å². The Morgan fingerprint density at radius 1 is 1.43 bits per heavy atom. The van der Waals surface area contributed by atoms with E-state index in [1.165, 1.54) is 6.07 Å². The van der Waals surface area contributed by atoms with Gasteiger partial charge >= 0.3 is 5.69 Å². The first-order chi connectivity index (χ1) is 9.95. The summed E-state index contributed by atoms with van der Waals surface area (Å²) in [6, 6.07) is 4.72. The van der Waals surface area contributed by atoms with E-state index in [0.717, 1.165) is 22.3 Å². The summed E-state index contributed by atoms with van der Waals surface area (Å²) in [5.74, 6) is 0.216. The quantitative estimate of drug-likeness (QED) is 0.543. The second-order valence-electron chi connectivity index (χ2n) is 4.32. The van der Waals surface area contributed by atoms with Crippen molar-refractivity contribution in [1.29, 1.82) is 0 Å². The summed E-state index contributed by atoms with van der Waals surface area (Å²) in [7, 11) is 1.82. The molecule has 112 valence electrons. The minimum absolute atomic E-state index is 0.0709. The fourth-order valence-electron chi connectivity index (χ4n) is 1.90. The zero-order chi connectivity index (χ0) is 15.6. The van der Waals surface area contributed by atoms with Gasteiger partial charge in [-0.25, -0.2) is 0 Å². The van der Waals surface area contributed by atoms with Crippen molar-refractivity contribution in [2.45, 2.75) is 20.0 Å². The molecule has 1 aromatic carbocycles. The first-order valence-electron chi connectivity index (χ1n) is 6.21. The van der Waals surface area contributed by atoms with E-state index in [1.54, 1.807) is 16.8 Å². The number of aryl methyl sites for hydroxylation is 2. The topological polar surface area (TPSA) is 70.2 Å². The second kappa shape index (κ2) is 6.57. The fraction of sp³-hybridized carbons (Fsp3) is 0.308. The van der Waals surface area contributed by atoms with E-state index < -0.39 is 4.92 Å². The van der Waals surface area contributed by atoms with Crippen molar-refractivity contribution in [3.05, 3.63) is 48.6 Å². The number of halogens is 2. The van der Waals surface area contributed by atoms with Crippen LogP contribution in [0.4, 0.5) is 5.69 Å². The van der Waals surface area contributed by atoms with Crippen LogP contribution in [0.15, 0.2) is 27.1 Å². The van der Waals surface area contributed by atoms with Crippen molar-refractivity contribution in [3.8, 4) is 5.75 Å². The van der Waals surface area contributed by atoms with Crippen molar-refractivity contribution in [1.82, 2.24) is 9.78 Å². The van der Waals surface area contributed by atoms with Crippen LogP contribution in [0.3, 0.4) is 0 Å². The number of nitro benzene ring substituents is 1. The zero-order valence-corrected chi connectivity index (χ0v) is 14.6. The Labute approximate surface area is 138 Å². The number of hydrogen-bond acceptors (Lipinski definition) is 4. The molecule has 0 unspecified atom stereocenters. The van der Waals surface area contributed by atoms with Crippen LogP contribution >= 0.6 is 31.9 Å². The Morgan fingerprint density at radius 2 is 2.14 bits per heavy atom. The normalized spacial score (nSPS) is 10.7. The minimum atomic E-state index is -0.462. The fourth-order valence-corrected chi connectivity index (χ4v) is 3.10. The maximum Gasteiger partial charge on any atom is 0.312 e. The van der Waals surface area contributed by atoms with E-state index in [9.17, 15) is 10.1 Å². The Balaban J connectivity index is 2.29. The molecule has 0 aliphatic heterocycles. The molecule has 0 aliphatic rings. The van der Waals surface area contributed by atoms with Crippen LogP contribution in [-0.4, -0.2) is 14.7 Å². The molecule has 0 saturated carbocycles. The summed E-state index contributed by atoms with van der Waals surface area (Å²) in [6.07, 6.45) is 0.795. The Hall–Kier alpha value is -1.41. The standard InChI is InChI=1S/C13H13Br2N3O3/c1-3-9-12(15)11(17(2)16-9)7-21-13-8(14)5-4-6-10(13)18(19)20/h4-6H,3,7H2,1-2H3. The van der Waals surface area contributed by atoms with Gasteiger partial charge in [0.2, 0.25) is 5.75 Å². The highest BCUT2D eigenvalue weighted by atomic mass is 79.9. The molecule has 0 saturated heterocycles. The monoisotopic (exact) mass is 417 g/mol. The van der Waals surface area contributed by atoms with Gasteiger partial charge in [0.05, 0.1) is 25.3 Å². The number of aromatic nitrogens is 2. The molecule has 0 bridgehead atoms. The van der Waals surface area contributed by atoms with E-state index in [-0.39, 0.29) is 18.0 Å². The van der Waals surface area contributed by atoms with Gasteiger partial charge in [-0.05, 0) is 44.3 Å². The summed E-state index contributed by atoms with van der Waals surface area (Å²) in [6.45, 7) is 2.20. The van der Waals surface area contributed by atoms with Crippen molar-refractivity contribution in [3.63, 3.8) is 0 Å². The Morgan fingerprint density at radius 3 is 2.71 bits per heavy atom. The molecule has 0 fully saturated rings. The predicted octanol–water partition coefficient (Wildman–Crippen LogP) is 3.99. The molecule has 0 amide bonds. The molecule has 1 heterocycles. The number of ether oxygens (including phenoxy) is 1. The van der Waals surface area contributed by atoms with Gasteiger partial charge in [-0.15, -0.1) is 0 Å². The summed E-state index contributed by atoms with van der Waals surface area (Å²) < 4.78 is 8.79. The van der Waals surface area contributed by atoms with Gasteiger partial charge in [0, 0.05) is 13.1 Å². The lowest BCUT2D eigenvalue weighted by Gasteiger charge is -2.09. The van der Waals surface area contributed by atoms with Crippen LogP contribution < -0.4 is 4.74 Å². The van der Waals surface area contributed by atoms with E-state index in [4.69, 9.17) is 4.74 Å². The lowest BCUT2D eigenvalue weighted by molar-refractivity contribution is -0.386. The van der Waals surface area contributed by atoms with Crippen LogP contribution in [-0.2, 0) is 20.1 Å². The molecule has 21 heavy (non-hydrogen) atoms. The van der Waals surface area contributed by atoms with Gasteiger partial charge in [0.15, 0.2) is 0 Å². The van der Waals surface area contributed by atoms with Gasteiger partial charge in [0.1, 0.15) is 6.61 Å². The summed E-state index contributed by atoms with van der Waals surface area (Å²) in [5.41, 5.74) is 1.69. The number of benzene rings is 1. The van der Waals surface area contributed by atoms with Crippen LogP contribution in [0.25, 0.3) is 0 Å². The second-order valence-corrected chi connectivity index (χ2v) is 5.97. The molecule has 2 rings (SSSR count). The van der Waals surface area contributed by atoms with Gasteiger partial charge < -0.3 is 4.74 Å². The van der Waals surface area contributed by atoms with Gasteiger partial charge in [0.25, 0.3) is 0 Å². The molecule has 1 aromatic heterocycles. The summed E-state index contributed by atoms with van der Waals surface area (Å²) >= 11 is 6.77. The predicted molar refractivity (Wildman–Crippen MR) is 85.4 cm³/mol. The van der Waals surface area contributed by atoms with Crippen molar-refractivity contribution >= 4 is 37.5 Å². The Bertz CT molecular complexity index is 686. The highest BCUT2D eigenvalue weighted by Crippen LogP contribution is 2.35. The number of rotatable bonds is 5. The van der Waals surface area contributed by atoms with Gasteiger partial charge in [-0.3, -0.25) is 14.8 Å². The molecule has 6 nitrogen and oxygen atoms in total. The third-order valence-electron chi connectivity index (χ3n) is 3.00. The molecule has 0 aliphatic carbocycles. The first-order valence-corrected chi connectivity index (χ1v) is 7.80. The third kappa shape index (κ3) is 3.26. The van der Waals surface area contributed by atoms with Crippen LogP contribution in [0, 0.1) is 10.1 Å². The summed E-state index contributed by atoms with van der Waals surface area (Å²) in [5, 5.41) is 15.4. The van der Waals surface area contributed by atoms with E-state index in [0.29, 0.717) is 4.47 Å². The molecule has 0 atom stereocenters. The summed E-state index contributed by atoms with van der Waals surface area (Å²) in [4.78, 5) is 10.6. The number of para-hydroxylation sites is 1. The average molecular weight is 419 g/mol. The van der Waals surface area contributed by atoms with Crippen molar-refractivity contribution < 1.29 is 9.66 Å². The first kappa shape index (κ1) is 16.0. The van der Waals surface area contributed by atoms with Gasteiger partial charge in [-0.1, -0.05) is 13.0 Å². The van der Waals surface area contributed by atoms with Crippen molar-refractivity contribution in [2.75, 3.05) is 0 Å². The number of nitro groups is 1. The largest absolute Gasteiger partial charge is 0.479 e. The number of hydrogen-bond donors (Lipinski definition) is 0. The number of nitrogens with zero attached hydrogens (tertiary/aromatic N) is 3. The lowest BCUT2D eigenvalue weighted by Crippen LogP contribution is -2.05. The SMILES string of the molecule is CCc1nn(C)c(COc2c(Br)cccc2[N+](=O)[O-])c1Br. The highest BCUT2D eigenvalue weighted by Gasteiger charge is 2.20. The maximum atomic E-state index is 11.0. The smallest absolute Gasteiger partial charge is 0.312 e. The molecular formula is C13H13Br2N3O3. The molecule has 0 N–H and O–H groups in total. The van der Waals surface area contributed by atoms with E-state index in [2.05, 4.69) is 37.0 Å². The van der Waals surface area contributed by atoms with Crippen LogP contribution in [0.1, 0.15) is 18.3 Å². The third-order valence-corrected chi connectivity index (χ3v) is 4.54.